The first-order valence-corrected chi connectivity index (χ1v) is 8.32. The minimum Gasteiger partial charge on any atom is -0.431 e. The van der Waals surface area contributed by atoms with E-state index in [2.05, 4.69) is 15.6 Å². The van der Waals surface area contributed by atoms with Crippen molar-refractivity contribution < 1.29 is 14.0 Å². The molecule has 3 aromatic carbocycles. The minimum absolute atomic E-state index is 0.0353. The molecule has 0 saturated heterocycles. The highest BCUT2D eigenvalue weighted by Crippen LogP contribution is 2.23. The number of oxazole rings is 1. The lowest BCUT2D eigenvalue weighted by Crippen LogP contribution is -2.14. The maximum absolute atomic E-state index is 12.5. The molecule has 2 amide bonds. The molecule has 0 fully saturated rings. The number of benzene rings is 3. The molecular formula is C21H15N3O3. The van der Waals surface area contributed by atoms with E-state index in [0.29, 0.717) is 11.3 Å². The predicted octanol–water partition coefficient (Wildman–Crippen LogP) is 4.33. The van der Waals surface area contributed by atoms with Crippen molar-refractivity contribution in [3.63, 3.8) is 0 Å². The summed E-state index contributed by atoms with van der Waals surface area (Å²) in [7, 11) is 0. The van der Waals surface area contributed by atoms with Crippen LogP contribution in [0.5, 0.6) is 0 Å². The van der Waals surface area contributed by atoms with Gasteiger partial charge in [0.1, 0.15) is 6.26 Å². The molecule has 6 heteroatoms. The van der Waals surface area contributed by atoms with Gasteiger partial charge in [0.2, 0.25) is 0 Å². The summed E-state index contributed by atoms with van der Waals surface area (Å²) < 4.78 is 5.20. The summed E-state index contributed by atoms with van der Waals surface area (Å²) in [5.41, 5.74) is 1.22. The van der Waals surface area contributed by atoms with Gasteiger partial charge in [0.05, 0.1) is 0 Å². The van der Waals surface area contributed by atoms with Gasteiger partial charge in [-0.25, -0.2) is 0 Å². The van der Waals surface area contributed by atoms with Crippen LogP contribution in [0, 0.1) is 0 Å². The number of hydrogen-bond donors (Lipinski definition) is 2. The number of nitrogens with one attached hydrogen (secondary N) is 2. The molecule has 0 aliphatic heterocycles. The zero-order valence-electron chi connectivity index (χ0n) is 14.2. The molecule has 6 nitrogen and oxygen atoms in total. The SMILES string of the molecule is O=C(Nc1nc(C(=O)Nc2cccc3ccccc23)co1)c1ccccc1. The van der Waals surface area contributed by atoms with Gasteiger partial charge in [0.25, 0.3) is 11.8 Å². The Morgan fingerprint density at radius 3 is 2.37 bits per heavy atom. The van der Waals surface area contributed by atoms with Crippen molar-refractivity contribution >= 4 is 34.3 Å². The van der Waals surface area contributed by atoms with Crippen LogP contribution in [0.1, 0.15) is 20.8 Å². The highest BCUT2D eigenvalue weighted by atomic mass is 16.4. The largest absolute Gasteiger partial charge is 0.431 e. The minimum atomic E-state index is -0.421. The van der Waals surface area contributed by atoms with Crippen LogP contribution in [0.2, 0.25) is 0 Å². The van der Waals surface area contributed by atoms with Gasteiger partial charge < -0.3 is 9.73 Å². The quantitative estimate of drug-likeness (QED) is 0.569. The Morgan fingerprint density at radius 2 is 1.52 bits per heavy atom. The third-order valence-corrected chi connectivity index (χ3v) is 4.03. The monoisotopic (exact) mass is 357 g/mol. The molecule has 1 aromatic heterocycles. The number of fused-ring (bicyclic) bond motifs is 1. The molecule has 0 unspecified atom stereocenters. The molecule has 0 saturated carbocycles. The molecule has 1 heterocycles. The maximum atomic E-state index is 12.5. The first-order chi connectivity index (χ1) is 13.2. The lowest BCUT2D eigenvalue weighted by Gasteiger charge is -2.07. The normalized spacial score (nSPS) is 10.5. The second kappa shape index (κ2) is 7.13. The van der Waals surface area contributed by atoms with E-state index in [0.717, 1.165) is 10.8 Å². The van der Waals surface area contributed by atoms with E-state index in [1.54, 1.807) is 24.3 Å². The number of carbonyl (C=O) groups excluding carboxylic acids is 2. The molecule has 4 rings (SSSR count). The molecule has 0 radical (unpaired) electrons. The highest BCUT2D eigenvalue weighted by Gasteiger charge is 2.15. The molecule has 132 valence electrons. The Balaban J connectivity index is 1.49. The topological polar surface area (TPSA) is 84.2 Å². The molecule has 4 aromatic rings. The predicted molar refractivity (Wildman–Crippen MR) is 103 cm³/mol. The standard InChI is InChI=1S/C21H15N3O3/c25-19(15-8-2-1-3-9-15)24-21-23-18(13-27-21)20(26)22-17-12-6-10-14-7-4-5-11-16(14)17/h1-13H,(H,22,26)(H,23,24,25). The lowest BCUT2D eigenvalue weighted by molar-refractivity contribution is 0.101. The van der Waals surface area contributed by atoms with E-state index in [-0.39, 0.29) is 17.6 Å². The van der Waals surface area contributed by atoms with Crippen LogP contribution in [-0.4, -0.2) is 16.8 Å². The molecule has 0 aliphatic rings. The summed E-state index contributed by atoms with van der Waals surface area (Å²) in [6.07, 6.45) is 1.21. The molecule has 27 heavy (non-hydrogen) atoms. The summed E-state index contributed by atoms with van der Waals surface area (Å²) in [5.74, 6) is -0.784. The van der Waals surface area contributed by atoms with E-state index >= 15 is 0 Å². The molecule has 0 aliphatic carbocycles. The summed E-state index contributed by atoms with van der Waals surface area (Å²) in [5, 5.41) is 7.30. The van der Waals surface area contributed by atoms with Crippen molar-refractivity contribution in [1.29, 1.82) is 0 Å². The molecule has 2 N–H and O–H groups in total. The first-order valence-electron chi connectivity index (χ1n) is 8.32. The Labute approximate surface area is 154 Å². The molecular weight excluding hydrogens is 342 g/mol. The van der Waals surface area contributed by atoms with Crippen molar-refractivity contribution in [3.8, 4) is 0 Å². The summed E-state index contributed by atoms with van der Waals surface area (Å²) in [6.45, 7) is 0. The van der Waals surface area contributed by atoms with Gasteiger partial charge in [-0.1, -0.05) is 54.6 Å². The van der Waals surface area contributed by atoms with E-state index < -0.39 is 5.91 Å². The smallest absolute Gasteiger partial charge is 0.302 e. The highest BCUT2D eigenvalue weighted by molar-refractivity contribution is 6.08. The van der Waals surface area contributed by atoms with E-state index in [9.17, 15) is 9.59 Å². The van der Waals surface area contributed by atoms with Gasteiger partial charge in [-0.05, 0) is 23.6 Å². The second-order valence-electron chi connectivity index (χ2n) is 5.84. The Hall–Kier alpha value is -3.93. The van der Waals surface area contributed by atoms with Crippen molar-refractivity contribution in [1.82, 2.24) is 4.98 Å². The van der Waals surface area contributed by atoms with Gasteiger partial charge in [-0.2, -0.15) is 4.98 Å². The number of anilines is 2. The van der Waals surface area contributed by atoms with E-state index in [4.69, 9.17) is 4.42 Å². The van der Waals surface area contributed by atoms with Crippen molar-refractivity contribution in [2.75, 3.05) is 10.6 Å². The van der Waals surface area contributed by atoms with Crippen LogP contribution in [-0.2, 0) is 0 Å². The molecule has 0 atom stereocenters. The second-order valence-corrected chi connectivity index (χ2v) is 5.84. The van der Waals surface area contributed by atoms with Crippen LogP contribution in [0.3, 0.4) is 0 Å². The van der Waals surface area contributed by atoms with E-state index in [1.165, 1.54) is 6.26 Å². The van der Waals surface area contributed by atoms with Gasteiger partial charge in [0, 0.05) is 16.6 Å². The molecule has 0 spiro atoms. The fraction of sp³-hybridized carbons (Fsp3) is 0. The van der Waals surface area contributed by atoms with Crippen LogP contribution < -0.4 is 10.6 Å². The van der Waals surface area contributed by atoms with Gasteiger partial charge in [-0.3, -0.25) is 14.9 Å². The van der Waals surface area contributed by atoms with Gasteiger partial charge in [-0.15, -0.1) is 0 Å². The van der Waals surface area contributed by atoms with E-state index in [1.807, 2.05) is 48.5 Å². The number of amides is 2. The van der Waals surface area contributed by atoms with Crippen LogP contribution >= 0.6 is 0 Å². The molecule has 0 bridgehead atoms. The first kappa shape index (κ1) is 16.5. The Bertz CT molecular complexity index is 1110. The average molecular weight is 357 g/mol. The van der Waals surface area contributed by atoms with Crippen LogP contribution in [0.4, 0.5) is 11.7 Å². The third kappa shape index (κ3) is 3.55. The fourth-order valence-corrected chi connectivity index (χ4v) is 2.72. The third-order valence-electron chi connectivity index (χ3n) is 4.03. The summed E-state index contributed by atoms with van der Waals surface area (Å²) in [6, 6.07) is 22.0. The average Bonchev–Trinajstić information content (AvgIpc) is 3.17. The van der Waals surface area contributed by atoms with Crippen molar-refractivity contribution in [3.05, 3.63) is 90.3 Å². The van der Waals surface area contributed by atoms with Crippen LogP contribution in [0.25, 0.3) is 10.8 Å². The number of nitrogens with zero attached hydrogens (tertiary/aromatic N) is 1. The number of hydrogen-bond acceptors (Lipinski definition) is 4. The van der Waals surface area contributed by atoms with Crippen LogP contribution in [0.15, 0.2) is 83.5 Å². The zero-order valence-corrected chi connectivity index (χ0v) is 14.2. The number of rotatable bonds is 4. The lowest BCUT2D eigenvalue weighted by atomic mass is 10.1. The summed E-state index contributed by atoms with van der Waals surface area (Å²) in [4.78, 5) is 28.6. The summed E-state index contributed by atoms with van der Waals surface area (Å²) >= 11 is 0. The number of aromatic nitrogens is 1. The Kier molecular flexibility index (Phi) is 4.37. The van der Waals surface area contributed by atoms with Gasteiger partial charge in [0.15, 0.2) is 5.69 Å². The number of carbonyl (C=O) groups is 2. The maximum Gasteiger partial charge on any atom is 0.302 e. The van der Waals surface area contributed by atoms with Gasteiger partial charge >= 0.3 is 6.01 Å². The zero-order chi connectivity index (χ0) is 18.6. The van der Waals surface area contributed by atoms with Crippen molar-refractivity contribution in [2.24, 2.45) is 0 Å². The fourth-order valence-electron chi connectivity index (χ4n) is 2.72. The Morgan fingerprint density at radius 1 is 0.778 bits per heavy atom. The van der Waals surface area contributed by atoms with Crippen molar-refractivity contribution in [2.45, 2.75) is 0 Å².